The van der Waals surface area contributed by atoms with Crippen LogP contribution in [0.1, 0.15) is 50.5 Å². The first-order valence-electron chi connectivity index (χ1n) is 10.8. The van der Waals surface area contributed by atoms with E-state index < -0.39 is 0 Å². The monoisotopic (exact) mass is 501 g/mol. The first kappa shape index (κ1) is 32.6. The molecule has 0 heterocycles. The summed E-state index contributed by atoms with van der Waals surface area (Å²) in [6, 6.07) is 9.83. The van der Waals surface area contributed by atoms with E-state index in [0.29, 0.717) is 25.9 Å². The SMILES string of the molecule is Cl.Cl.N#CCCNCCCCNC(=O)CNC(=O)CCCCCc1ccc(N=C(N)N)cc1. The van der Waals surface area contributed by atoms with Gasteiger partial charge in [0.25, 0.3) is 0 Å². The van der Waals surface area contributed by atoms with Crippen LogP contribution in [-0.4, -0.2) is 44.0 Å². The lowest BCUT2D eigenvalue weighted by Crippen LogP contribution is -2.37. The van der Waals surface area contributed by atoms with Crippen molar-refractivity contribution >= 4 is 48.3 Å². The summed E-state index contributed by atoms with van der Waals surface area (Å²) in [5.74, 6) is -0.228. The van der Waals surface area contributed by atoms with Gasteiger partial charge in [-0.1, -0.05) is 18.6 Å². The second kappa shape index (κ2) is 21.3. The summed E-state index contributed by atoms with van der Waals surface area (Å²) in [5.41, 5.74) is 12.6. The normalized spacial score (nSPS) is 9.55. The van der Waals surface area contributed by atoms with Crippen LogP contribution in [0.5, 0.6) is 0 Å². The zero-order valence-electron chi connectivity index (χ0n) is 19.0. The highest BCUT2D eigenvalue weighted by Crippen LogP contribution is 2.14. The Kier molecular flexibility index (Phi) is 21.1. The molecule has 11 heteroatoms. The molecule has 0 saturated heterocycles. The maximum atomic E-state index is 11.9. The number of carbonyl (C=O) groups excluding carboxylic acids is 2. The minimum Gasteiger partial charge on any atom is -0.370 e. The molecule has 0 saturated carbocycles. The number of hydrogen-bond acceptors (Lipinski definition) is 5. The molecule has 1 aromatic rings. The molecule has 1 aromatic carbocycles. The molecule has 0 fully saturated rings. The van der Waals surface area contributed by atoms with Gasteiger partial charge in [-0.15, -0.1) is 24.8 Å². The van der Waals surface area contributed by atoms with Gasteiger partial charge in [0.05, 0.1) is 18.3 Å². The zero-order valence-corrected chi connectivity index (χ0v) is 20.6. The smallest absolute Gasteiger partial charge is 0.239 e. The predicted octanol–water partition coefficient (Wildman–Crippen LogP) is 2.05. The van der Waals surface area contributed by atoms with Crippen molar-refractivity contribution in [3.05, 3.63) is 29.8 Å². The molecule has 0 aromatic heterocycles. The van der Waals surface area contributed by atoms with Gasteiger partial charge < -0.3 is 27.4 Å². The molecule has 0 aliphatic carbocycles. The molecular weight excluding hydrogens is 465 g/mol. The quantitative estimate of drug-likeness (QED) is 0.132. The molecular formula is C22H37Cl2N7O2. The van der Waals surface area contributed by atoms with Crippen LogP contribution in [0.25, 0.3) is 0 Å². The maximum Gasteiger partial charge on any atom is 0.239 e. The third kappa shape index (κ3) is 18.7. The van der Waals surface area contributed by atoms with E-state index in [2.05, 4.69) is 27.0 Å². The number of guanidine groups is 1. The standard InChI is InChI=1S/C22H35N7O2.2ClH/c23-13-6-15-26-14-4-5-16-27-21(31)17-28-20(30)8-3-1-2-7-18-9-11-19(12-10-18)29-22(24)25;;/h9-12,26H,1-8,14-17H2,(H,27,31)(H,28,30)(H4,24,25,29);2*1H. The number of unbranched alkanes of at least 4 members (excludes halogenated alkanes) is 3. The predicted molar refractivity (Wildman–Crippen MR) is 137 cm³/mol. The molecule has 0 radical (unpaired) electrons. The topological polar surface area (TPSA) is 158 Å². The number of hydrogen-bond donors (Lipinski definition) is 5. The van der Waals surface area contributed by atoms with E-state index in [1.807, 2.05) is 24.3 Å². The minimum atomic E-state index is -0.171. The van der Waals surface area contributed by atoms with Crippen molar-refractivity contribution in [2.24, 2.45) is 16.5 Å². The summed E-state index contributed by atoms with van der Waals surface area (Å²) in [6.45, 7) is 2.13. The molecule has 0 bridgehead atoms. The Morgan fingerprint density at radius 1 is 0.879 bits per heavy atom. The first-order valence-corrected chi connectivity index (χ1v) is 10.8. The number of benzene rings is 1. The average molecular weight is 502 g/mol. The van der Waals surface area contributed by atoms with E-state index in [1.165, 1.54) is 5.56 Å². The summed E-state index contributed by atoms with van der Waals surface area (Å²) < 4.78 is 0. The maximum absolute atomic E-state index is 11.9. The molecule has 0 spiro atoms. The minimum absolute atomic E-state index is 0. The highest BCUT2D eigenvalue weighted by atomic mass is 35.5. The number of nitrogens with two attached hydrogens (primary N) is 2. The van der Waals surface area contributed by atoms with Gasteiger partial charge >= 0.3 is 0 Å². The lowest BCUT2D eigenvalue weighted by atomic mass is 10.1. The van der Waals surface area contributed by atoms with Crippen LogP contribution in [0.3, 0.4) is 0 Å². The molecule has 186 valence electrons. The number of halogens is 2. The average Bonchev–Trinajstić information content (AvgIpc) is 2.74. The fourth-order valence-electron chi connectivity index (χ4n) is 2.88. The Bertz CT molecular complexity index is 733. The summed E-state index contributed by atoms with van der Waals surface area (Å²) in [6.07, 6.45) is 6.36. The van der Waals surface area contributed by atoms with Crippen molar-refractivity contribution in [3.8, 4) is 6.07 Å². The Hall–Kier alpha value is -2.54. The van der Waals surface area contributed by atoms with Crippen molar-refractivity contribution in [2.75, 3.05) is 26.2 Å². The van der Waals surface area contributed by atoms with Gasteiger partial charge in [0.2, 0.25) is 11.8 Å². The van der Waals surface area contributed by atoms with Gasteiger partial charge in [0.15, 0.2) is 5.96 Å². The van der Waals surface area contributed by atoms with Gasteiger partial charge in [-0.25, -0.2) is 4.99 Å². The zero-order chi connectivity index (χ0) is 22.7. The highest BCUT2D eigenvalue weighted by molar-refractivity contribution is 5.86. The molecule has 2 amide bonds. The number of rotatable bonds is 16. The van der Waals surface area contributed by atoms with E-state index >= 15 is 0 Å². The number of amides is 2. The lowest BCUT2D eigenvalue weighted by Gasteiger charge is -2.07. The summed E-state index contributed by atoms with van der Waals surface area (Å²) in [5, 5.41) is 17.0. The number of aryl methyl sites for hydroxylation is 1. The molecule has 9 nitrogen and oxygen atoms in total. The molecule has 33 heavy (non-hydrogen) atoms. The van der Waals surface area contributed by atoms with Gasteiger partial charge in [-0.2, -0.15) is 5.26 Å². The number of aliphatic imine (C=N–C) groups is 1. The van der Waals surface area contributed by atoms with E-state index in [-0.39, 0.29) is 49.1 Å². The van der Waals surface area contributed by atoms with Crippen LogP contribution >= 0.6 is 24.8 Å². The second-order valence-corrected chi connectivity index (χ2v) is 7.26. The Morgan fingerprint density at radius 3 is 2.24 bits per heavy atom. The molecule has 7 N–H and O–H groups in total. The summed E-state index contributed by atoms with van der Waals surface area (Å²) in [4.78, 5) is 27.6. The van der Waals surface area contributed by atoms with Crippen molar-refractivity contribution < 1.29 is 9.59 Å². The fraction of sp³-hybridized carbons (Fsp3) is 0.545. The van der Waals surface area contributed by atoms with Crippen molar-refractivity contribution in [1.29, 1.82) is 5.26 Å². The molecule has 0 atom stereocenters. The first-order chi connectivity index (χ1) is 15.0. The third-order valence-electron chi connectivity index (χ3n) is 4.53. The van der Waals surface area contributed by atoms with Crippen molar-refractivity contribution in [2.45, 2.75) is 51.4 Å². The van der Waals surface area contributed by atoms with E-state index in [4.69, 9.17) is 16.7 Å². The lowest BCUT2D eigenvalue weighted by molar-refractivity contribution is -0.126. The Balaban J connectivity index is 0. The number of carbonyl (C=O) groups is 2. The molecule has 1 rings (SSSR count). The number of nitrogens with zero attached hydrogens (tertiary/aromatic N) is 2. The highest BCUT2D eigenvalue weighted by Gasteiger charge is 2.05. The van der Waals surface area contributed by atoms with E-state index in [9.17, 15) is 9.59 Å². The van der Waals surface area contributed by atoms with Crippen LogP contribution in [0.15, 0.2) is 29.3 Å². The molecule has 0 unspecified atom stereocenters. The summed E-state index contributed by atoms with van der Waals surface area (Å²) >= 11 is 0. The van der Waals surface area contributed by atoms with E-state index in [1.54, 1.807) is 0 Å². The van der Waals surface area contributed by atoms with Gasteiger partial charge in [0, 0.05) is 25.9 Å². The van der Waals surface area contributed by atoms with Crippen LogP contribution in [0.4, 0.5) is 5.69 Å². The van der Waals surface area contributed by atoms with Crippen LogP contribution in [-0.2, 0) is 16.0 Å². The summed E-state index contributed by atoms with van der Waals surface area (Å²) in [7, 11) is 0. The Morgan fingerprint density at radius 2 is 1.58 bits per heavy atom. The molecule has 0 aliphatic heterocycles. The number of nitrogens with one attached hydrogen (secondary N) is 3. The van der Waals surface area contributed by atoms with Crippen molar-refractivity contribution in [1.82, 2.24) is 16.0 Å². The van der Waals surface area contributed by atoms with Gasteiger partial charge in [-0.3, -0.25) is 9.59 Å². The fourth-order valence-corrected chi connectivity index (χ4v) is 2.88. The molecule has 0 aliphatic rings. The largest absolute Gasteiger partial charge is 0.370 e. The van der Waals surface area contributed by atoms with Crippen LogP contribution in [0, 0.1) is 11.3 Å². The second-order valence-electron chi connectivity index (χ2n) is 7.26. The third-order valence-corrected chi connectivity index (χ3v) is 4.53. The van der Waals surface area contributed by atoms with E-state index in [0.717, 1.165) is 50.8 Å². The van der Waals surface area contributed by atoms with Crippen molar-refractivity contribution in [3.63, 3.8) is 0 Å². The van der Waals surface area contributed by atoms with Crippen LogP contribution in [0.2, 0.25) is 0 Å². The van der Waals surface area contributed by atoms with Gasteiger partial charge in [-0.05, 0) is 56.3 Å². The Labute approximate surface area is 209 Å². The van der Waals surface area contributed by atoms with Gasteiger partial charge in [0.1, 0.15) is 0 Å². The number of nitriles is 1. The van der Waals surface area contributed by atoms with Crippen LogP contribution < -0.4 is 27.4 Å².